The Hall–Kier alpha value is -1.31. The number of rotatable bonds is 6. The van der Waals surface area contributed by atoms with Gasteiger partial charge in [0.15, 0.2) is 0 Å². The molecule has 27 heavy (non-hydrogen) atoms. The molecule has 2 saturated carbocycles. The summed E-state index contributed by atoms with van der Waals surface area (Å²) in [4.78, 5) is 12.4. The Labute approximate surface area is 166 Å². The maximum atomic E-state index is 12.4. The van der Waals surface area contributed by atoms with Crippen LogP contribution in [-0.2, 0) is 4.74 Å². The maximum absolute atomic E-state index is 12.4. The van der Waals surface area contributed by atoms with E-state index in [0.717, 1.165) is 30.6 Å². The monoisotopic (exact) mass is 370 g/mol. The molecule has 0 aromatic heterocycles. The predicted molar refractivity (Wildman–Crippen MR) is 112 cm³/mol. The molecule has 2 fully saturated rings. The van der Waals surface area contributed by atoms with Crippen molar-refractivity contribution in [1.82, 2.24) is 0 Å². The molecule has 2 aliphatic rings. The zero-order chi connectivity index (χ0) is 19.2. The van der Waals surface area contributed by atoms with E-state index in [1.54, 1.807) is 0 Å². The molecule has 1 aromatic carbocycles. The first-order valence-corrected chi connectivity index (χ1v) is 11.4. The Bertz CT molecular complexity index is 575. The molecule has 0 amide bonds. The molecule has 2 aliphatic carbocycles. The van der Waals surface area contributed by atoms with E-state index >= 15 is 0 Å². The fourth-order valence-corrected chi connectivity index (χ4v) is 4.93. The van der Waals surface area contributed by atoms with E-state index in [4.69, 9.17) is 4.74 Å². The molecule has 0 bridgehead atoms. The average molecular weight is 371 g/mol. The van der Waals surface area contributed by atoms with Gasteiger partial charge in [0.1, 0.15) is 6.10 Å². The van der Waals surface area contributed by atoms with Crippen molar-refractivity contribution in [2.24, 2.45) is 17.8 Å². The van der Waals surface area contributed by atoms with E-state index in [9.17, 15) is 4.79 Å². The van der Waals surface area contributed by atoms with Crippen molar-refractivity contribution < 1.29 is 9.53 Å². The van der Waals surface area contributed by atoms with Crippen LogP contribution in [0.1, 0.15) is 107 Å². The zero-order valence-electron chi connectivity index (χ0n) is 17.6. The molecule has 0 aliphatic heterocycles. The summed E-state index contributed by atoms with van der Waals surface area (Å²) in [7, 11) is 0. The van der Waals surface area contributed by atoms with Crippen molar-refractivity contribution in [3.63, 3.8) is 0 Å². The Morgan fingerprint density at radius 2 is 1.63 bits per heavy atom. The Kier molecular flexibility index (Phi) is 7.38. The third kappa shape index (κ3) is 5.83. The van der Waals surface area contributed by atoms with E-state index < -0.39 is 0 Å². The molecule has 0 saturated heterocycles. The van der Waals surface area contributed by atoms with Crippen molar-refractivity contribution in [3.8, 4) is 0 Å². The van der Waals surface area contributed by atoms with E-state index in [0.29, 0.717) is 11.5 Å². The van der Waals surface area contributed by atoms with Crippen LogP contribution in [0.2, 0.25) is 0 Å². The van der Waals surface area contributed by atoms with Crippen LogP contribution in [0.4, 0.5) is 0 Å². The largest absolute Gasteiger partial charge is 0.459 e. The molecular weight excluding hydrogens is 332 g/mol. The summed E-state index contributed by atoms with van der Waals surface area (Å²) in [5, 5.41) is 0. The second-order valence-electron chi connectivity index (χ2n) is 9.38. The third-order valence-electron chi connectivity index (χ3n) is 7.13. The minimum Gasteiger partial charge on any atom is -0.459 e. The molecule has 0 radical (unpaired) electrons. The quantitative estimate of drug-likeness (QED) is 0.498. The minimum absolute atomic E-state index is 0.120. The van der Waals surface area contributed by atoms with Crippen molar-refractivity contribution in [3.05, 3.63) is 35.4 Å². The smallest absolute Gasteiger partial charge is 0.338 e. The van der Waals surface area contributed by atoms with Gasteiger partial charge in [-0.15, -0.1) is 0 Å². The van der Waals surface area contributed by atoms with Gasteiger partial charge in [0.05, 0.1) is 5.56 Å². The first-order chi connectivity index (χ1) is 13.0. The molecule has 2 nitrogen and oxygen atoms in total. The topological polar surface area (TPSA) is 26.3 Å². The highest BCUT2D eigenvalue weighted by molar-refractivity contribution is 5.89. The highest BCUT2D eigenvalue weighted by Crippen LogP contribution is 2.38. The predicted octanol–water partition coefficient (Wildman–Crippen LogP) is 7.13. The van der Waals surface area contributed by atoms with E-state index in [-0.39, 0.29) is 12.1 Å². The van der Waals surface area contributed by atoms with Crippen molar-refractivity contribution >= 4 is 5.97 Å². The number of ether oxygens (including phenoxy) is 1. The Balaban J connectivity index is 1.48. The van der Waals surface area contributed by atoms with Crippen LogP contribution in [-0.4, -0.2) is 12.1 Å². The van der Waals surface area contributed by atoms with Gasteiger partial charge in [-0.1, -0.05) is 39.3 Å². The van der Waals surface area contributed by atoms with Gasteiger partial charge in [0, 0.05) is 0 Å². The van der Waals surface area contributed by atoms with Crippen LogP contribution in [0.25, 0.3) is 0 Å². The lowest BCUT2D eigenvalue weighted by atomic mass is 9.75. The zero-order valence-corrected chi connectivity index (χ0v) is 17.6. The van der Waals surface area contributed by atoms with Gasteiger partial charge in [-0.05, 0) is 99.2 Å². The number of benzene rings is 1. The Morgan fingerprint density at radius 1 is 1.00 bits per heavy atom. The molecule has 1 aromatic rings. The fraction of sp³-hybridized carbons (Fsp3) is 0.720. The normalized spacial score (nSPS) is 29.9. The lowest BCUT2D eigenvalue weighted by Gasteiger charge is -2.30. The molecule has 0 heterocycles. The highest BCUT2D eigenvalue weighted by Gasteiger charge is 2.24. The van der Waals surface area contributed by atoms with E-state index in [2.05, 4.69) is 32.9 Å². The van der Waals surface area contributed by atoms with Crippen molar-refractivity contribution in [2.75, 3.05) is 0 Å². The summed E-state index contributed by atoms with van der Waals surface area (Å²) in [6.07, 6.45) is 12.5. The number of hydrogen-bond acceptors (Lipinski definition) is 2. The van der Waals surface area contributed by atoms with Crippen LogP contribution < -0.4 is 0 Å². The van der Waals surface area contributed by atoms with Crippen LogP contribution in [0, 0.1) is 17.8 Å². The lowest BCUT2D eigenvalue weighted by molar-refractivity contribution is 0.0174. The standard InChI is InChI=1S/C25H38O2/c1-4-18(2)17-20-7-9-21(10-8-20)22-11-13-23(14-12-22)25(26)27-24-15-5-19(3)6-16-24/h11-14,18-21,24H,4-10,15-17H2,1-3H3. The summed E-state index contributed by atoms with van der Waals surface area (Å²) >= 11 is 0. The number of esters is 1. The molecule has 0 N–H and O–H groups in total. The van der Waals surface area contributed by atoms with Gasteiger partial charge in [-0.25, -0.2) is 4.79 Å². The van der Waals surface area contributed by atoms with E-state index in [1.807, 2.05) is 12.1 Å². The van der Waals surface area contributed by atoms with Gasteiger partial charge in [-0.2, -0.15) is 0 Å². The van der Waals surface area contributed by atoms with Gasteiger partial charge in [0.2, 0.25) is 0 Å². The van der Waals surface area contributed by atoms with E-state index in [1.165, 1.54) is 56.9 Å². The van der Waals surface area contributed by atoms with Crippen LogP contribution in [0.3, 0.4) is 0 Å². The maximum Gasteiger partial charge on any atom is 0.338 e. The minimum atomic E-state index is -0.140. The second-order valence-corrected chi connectivity index (χ2v) is 9.38. The van der Waals surface area contributed by atoms with Gasteiger partial charge in [-0.3, -0.25) is 0 Å². The summed E-state index contributed by atoms with van der Waals surface area (Å²) in [6, 6.07) is 8.29. The lowest BCUT2D eigenvalue weighted by Crippen LogP contribution is -2.23. The SMILES string of the molecule is CCC(C)CC1CCC(c2ccc(C(=O)OC3CCC(C)CC3)cc2)CC1. The number of carbonyl (C=O) groups excluding carboxylic acids is 1. The number of hydrogen-bond donors (Lipinski definition) is 0. The summed E-state index contributed by atoms with van der Waals surface area (Å²) < 4.78 is 5.73. The first-order valence-electron chi connectivity index (χ1n) is 11.4. The summed E-state index contributed by atoms with van der Waals surface area (Å²) in [5.41, 5.74) is 2.11. The van der Waals surface area contributed by atoms with Crippen LogP contribution >= 0.6 is 0 Å². The number of carbonyl (C=O) groups is 1. The first kappa shape index (κ1) is 20.4. The second kappa shape index (κ2) is 9.75. The molecule has 1 atom stereocenters. The highest BCUT2D eigenvalue weighted by atomic mass is 16.5. The van der Waals surface area contributed by atoms with Crippen molar-refractivity contribution in [2.45, 2.75) is 97.0 Å². The molecular formula is C25H38O2. The molecule has 2 heteroatoms. The van der Waals surface area contributed by atoms with Gasteiger partial charge >= 0.3 is 5.97 Å². The molecule has 3 rings (SSSR count). The van der Waals surface area contributed by atoms with Crippen LogP contribution in [0.15, 0.2) is 24.3 Å². The Morgan fingerprint density at radius 3 is 2.22 bits per heavy atom. The third-order valence-corrected chi connectivity index (χ3v) is 7.13. The average Bonchev–Trinajstić information content (AvgIpc) is 2.70. The summed E-state index contributed by atoms with van der Waals surface area (Å²) in [5.74, 6) is 3.09. The van der Waals surface area contributed by atoms with Crippen LogP contribution in [0.5, 0.6) is 0 Å². The molecule has 1 unspecified atom stereocenters. The fourth-order valence-electron chi connectivity index (χ4n) is 4.93. The van der Waals surface area contributed by atoms with Gasteiger partial charge in [0.25, 0.3) is 0 Å². The van der Waals surface area contributed by atoms with Gasteiger partial charge < -0.3 is 4.74 Å². The van der Waals surface area contributed by atoms with Crippen molar-refractivity contribution in [1.29, 1.82) is 0 Å². The summed E-state index contributed by atoms with van der Waals surface area (Å²) in [6.45, 7) is 6.98. The molecule has 0 spiro atoms. The molecule has 150 valence electrons.